The van der Waals surface area contributed by atoms with Crippen molar-refractivity contribution in [3.63, 3.8) is 0 Å². The van der Waals surface area contributed by atoms with Gasteiger partial charge in [0.15, 0.2) is 0 Å². The first-order chi connectivity index (χ1) is 5.47. The molecule has 0 N–H and O–H groups in total. The number of nitrogens with zero attached hydrogens (tertiary/aromatic N) is 2. The molecular weight excluding hydrogens is 148 g/mol. The zero-order valence-corrected chi connectivity index (χ0v) is 8.89. The van der Waals surface area contributed by atoms with Crippen LogP contribution in [0.15, 0.2) is 5.10 Å². The highest BCUT2D eigenvalue weighted by Crippen LogP contribution is 2.52. The molecule has 0 bridgehead atoms. The maximum absolute atomic E-state index is 4.50. The van der Waals surface area contributed by atoms with Crippen LogP contribution in [-0.4, -0.2) is 24.3 Å². The van der Waals surface area contributed by atoms with Crippen LogP contribution in [0.25, 0.3) is 0 Å². The smallest absolute Gasteiger partial charge is 0.0386 e. The highest BCUT2D eigenvalue weighted by Gasteiger charge is 2.47. The van der Waals surface area contributed by atoms with E-state index in [1.54, 1.807) is 0 Å². The average molecular weight is 168 g/mol. The maximum atomic E-state index is 4.50. The summed E-state index contributed by atoms with van der Waals surface area (Å²) in [4.78, 5) is 0. The first-order valence-corrected chi connectivity index (χ1v) is 4.73. The minimum Gasteiger partial charge on any atom is -0.300 e. The van der Waals surface area contributed by atoms with Gasteiger partial charge in [-0.05, 0) is 25.7 Å². The summed E-state index contributed by atoms with van der Waals surface area (Å²) in [5.74, 6) is 0.728. The maximum Gasteiger partial charge on any atom is 0.0386 e. The predicted octanol–water partition coefficient (Wildman–Crippen LogP) is 2.36. The lowest BCUT2D eigenvalue weighted by Gasteiger charge is -2.11. The Morgan fingerprint density at radius 3 is 2.42 bits per heavy atom. The van der Waals surface area contributed by atoms with Gasteiger partial charge in [-0.1, -0.05) is 13.8 Å². The molecule has 0 saturated heterocycles. The van der Waals surface area contributed by atoms with Crippen LogP contribution in [0.1, 0.15) is 34.1 Å². The van der Waals surface area contributed by atoms with Crippen molar-refractivity contribution in [2.24, 2.45) is 16.4 Å². The quantitative estimate of drug-likeness (QED) is 0.466. The van der Waals surface area contributed by atoms with Gasteiger partial charge in [0, 0.05) is 25.2 Å². The van der Waals surface area contributed by atoms with Crippen molar-refractivity contribution in [2.75, 3.05) is 13.6 Å². The Morgan fingerprint density at radius 2 is 2.08 bits per heavy atom. The predicted molar refractivity (Wildman–Crippen MR) is 53.3 cm³/mol. The topological polar surface area (TPSA) is 15.6 Å². The van der Waals surface area contributed by atoms with E-state index in [1.165, 1.54) is 12.1 Å². The lowest BCUT2D eigenvalue weighted by atomic mass is 10.1. The highest BCUT2D eigenvalue weighted by atomic mass is 15.4. The molecular formula is C10H20N2. The number of rotatable bonds is 3. The van der Waals surface area contributed by atoms with Crippen LogP contribution in [0.5, 0.6) is 0 Å². The van der Waals surface area contributed by atoms with Gasteiger partial charge in [-0.25, -0.2) is 0 Å². The van der Waals surface area contributed by atoms with E-state index in [1.807, 2.05) is 12.1 Å². The summed E-state index contributed by atoms with van der Waals surface area (Å²) in [5.41, 5.74) is 1.81. The molecule has 1 rings (SSSR count). The number of hydrogen-bond acceptors (Lipinski definition) is 2. The van der Waals surface area contributed by atoms with Gasteiger partial charge in [-0.15, -0.1) is 0 Å². The largest absolute Gasteiger partial charge is 0.300 e. The fourth-order valence-electron chi connectivity index (χ4n) is 1.59. The molecule has 1 aliphatic rings. The second-order valence-electron chi connectivity index (χ2n) is 4.46. The van der Waals surface area contributed by atoms with Gasteiger partial charge < -0.3 is 5.01 Å². The SMILES string of the molecule is CCN(C)/N=C(\C)C1CC1(C)C. The van der Waals surface area contributed by atoms with E-state index >= 15 is 0 Å². The van der Waals surface area contributed by atoms with E-state index < -0.39 is 0 Å². The first-order valence-electron chi connectivity index (χ1n) is 4.73. The molecule has 0 radical (unpaired) electrons. The van der Waals surface area contributed by atoms with Gasteiger partial charge in [0.25, 0.3) is 0 Å². The van der Waals surface area contributed by atoms with Crippen molar-refractivity contribution in [3.8, 4) is 0 Å². The van der Waals surface area contributed by atoms with Crippen LogP contribution >= 0.6 is 0 Å². The van der Waals surface area contributed by atoms with Crippen molar-refractivity contribution >= 4 is 5.71 Å². The molecule has 12 heavy (non-hydrogen) atoms. The molecule has 70 valence electrons. The van der Waals surface area contributed by atoms with Crippen molar-refractivity contribution in [3.05, 3.63) is 0 Å². The molecule has 1 atom stereocenters. The Hall–Kier alpha value is -0.530. The highest BCUT2D eigenvalue weighted by molar-refractivity contribution is 5.87. The third-order valence-electron chi connectivity index (χ3n) is 2.80. The molecule has 1 aliphatic carbocycles. The monoisotopic (exact) mass is 168 g/mol. The summed E-state index contributed by atoms with van der Waals surface area (Å²) >= 11 is 0. The molecule has 1 unspecified atom stereocenters. The van der Waals surface area contributed by atoms with E-state index in [2.05, 4.69) is 32.8 Å². The Kier molecular flexibility index (Phi) is 2.45. The zero-order chi connectivity index (χ0) is 9.35. The molecule has 0 amide bonds. The first kappa shape index (κ1) is 9.56. The second kappa shape index (κ2) is 3.08. The van der Waals surface area contributed by atoms with E-state index in [9.17, 15) is 0 Å². The molecule has 0 aliphatic heterocycles. The van der Waals surface area contributed by atoms with Crippen molar-refractivity contribution in [1.29, 1.82) is 0 Å². The van der Waals surface area contributed by atoms with Gasteiger partial charge in [-0.2, -0.15) is 5.10 Å². The molecule has 0 aromatic heterocycles. The second-order valence-corrected chi connectivity index (χ2v) is 4.46. The third-order valence-corrected chi connectivity index (χ3v) is 2.80. The van der Waals surface area contributed by atoms with Gasteiger partial charge in [0.05, 0.1) is 0 Å². The molecule has 2 heteroatoms. The van der Waals surface area contributed by atoms with Crippen LogP contribution in [0.2, 0.25) is 0 Å². The molecule has 0 aromatic rings. The Morgan fingerprint density at radius 1 is 1.58 bits per heavy atom. The van der Waals surface area contributed by atoms with Gasteiger partial charge in [0.1, 0.15) is 0 Å². The Balaban J connectivity index is 2.49. The van der Waals surface area contributed by atoms with E-state index in [0.717, 1.165) is 12.5 Å². The van der Waals surface area contributed by atoms with Crippen LogP contribution in [0, 0.1) is 11.3 Å². The number of hydrogen-bond donors (Lipinski definition) is 0. The zero-order valence-electron chi connectivity index (χ0n) is 8.89. The molecule has 0 aromatic carbocycles. The lowest BCUT2D eigenvalue weighted by Crippen LogP contribution is -2.14. The minimum absolute atomic E-state index is 0.516. The van der Waals surface area contributed by atoms with E-state index in [-0.39, 0.29) is 0 Å². The van der Waals surface area contributed by atoms with Crippen molar-refractivity contribution < 1.29 is 0 Å². The van der Waals surface area contributed by atoms with Crippen molar-refractivity contribution in [1.82, 2.24) is 5.01 Å². The van der Waals surface area contributed by atoms with E-state index in [0.29, 0.717) is 5.41 Å². The summed E-state index contributed by atoms with van der Waals surface area (Å²) in [6.45, 7) is 9.87. The molecule has 0 spiro atoms. The summed E-state index contributed by atoms with van der Waals surface area (Å²) in [6, 6.07) is 0. The minimum atomic E-state index is 0.516. The summed E-state index contributed by atoms with van der Waals surface area (Å²) in [5, 5.41) is 6.51. The van der Waals surface area contributed by atoms with E-state index in [4.69, 9.17) is 0 Å². The molecule has 1 saturated carbocycles. The van der Waals surface area contributed by atoms with Gasteiger partial charge in [-0.3, -0.25) is 0 Å². The van der Waals surface area contributed by atoms with Gasteiger partial charge in [0.2, 0.25) is 0 Å². The van der Waals surface area contributed by atoms with Gasteiger partial charge >= 0.3 is 0 Å². The third kappa shape index (κ3) is 1.99. The lowest BCUT2D eigenvalue weighted by molar-refractivity contribution is 0.372. The fourth-order valence-corrected chi connectivity index (χ4v) is 1.59. The summed E-state index contributed by atoms with van der Waals surface area (Å²) in [6.07, 6.45) is 1.31. The number of hydrazone groups is 1. The van der Waals surface area contributed by atoms with Crippen LogP contribution in [0.3, 0.4) is 0 Å². The molecule has 2 nitrogen and oxygen atoms in total. The Bertz CT molecular complexity index is 194. The van der Waals surface area contributed by atoms with Crippen molar-refractivity contribution in [2.45, 2.75) is 34.1 Å². The van der Waals surface area contributed by atoms with Crippen LogP contribution in [0.4, 0.5) is 0 Å². The van der Waals surface area contributed by atoms with Crippen LogP contribution in [-0.2, 0) is 0 Å². The standard InChI is InChI=1S/C10H20N2/c1-6-12(5)11-8(2)9-7-10(9,3)4/h9H,6-7H2,1-5H3/b11-8+. The fraction of sp³-hybridized carbons (Fsp3) is 0.900. The average Bonchev–Trinajstić information content (AvgIpc) is 2.59. The molecule has 1 fully saturated rings. The van der Waals surface area contributed by atoms with Crippen LogP contribution < -0.4 is 0 Å². The summed E-state index contributed by atoms with van der Waals surface area (Å²) < 4.78 is 0. The molecule has 0 heterocycles. The summed E-state index contributed by atoms with van der Waals surface area (Å²) in [7, 11) is 2.03. The normalized spacial score (nSPS) is 27.1. The Labute approximate surface area is 75.6 Å².